The molecule has 0 radical (unpaired) electrons. The smallest absolute Gasteiger partial charge is 0.423 e. The van der Waals surface area contributed by atoms with Gasteiger partial charge in [-0.2, -0.15) is 4.98 Å². The van der Waals surface area contributed by atoms with Crippen molar-refractivity contribution in [3.8, 4) is 16.9 Å². The van der Waals surface area contributed by atoms with Crippen molar-refractivity contribution >= 4 is 50.8 Å². The van der Waals surface area contributed by atoms with E-state index in [0.29, 0.717) is 16.9 Å². The summed E-state index contributed by atoms with van der Waals surface area (Å²) < 4.78 is 51.0. The second-order valence-corrected chi connectivity index (χ2v) is 15.7. The molecule has 0 aliphatic carbocycles. The Hall–Kier alpha value is -5.87. The molecule has 5 rings (SSSR count). The van der Waals surface area contributed by atoms with E-state index in [1.807, 2.05) is 12.1 Å². The minimum absolute atomic E-state index is 0.0123. The van der Waals surface area contributed by atoms with Crippen molar-refractivity contribution in [2.75, 3.05) is 23.6 Å². The third-order valence-electron chi connectivity index (χ3n) is 8.88. The van der Waals surface area contributed by atoms with E-state index in [4.69, 9.17) is 9.47 Å². The zero-order valence-electron chi connectivity index (χ0n) is 31.3. The lowest BCUT2D eigenvalue weighted by molar-refractivity contribution is -0.142. The molecule has 14 nitrogen and oxygen atoms in total. The minimum Gasteiger partial charge on any atom is -0.495 e. The van der Waals surface area contributed by atoms with Crippen LogP contribution in [0, 0.1) is 17.7 Å². The summed E-state index contributed by atoms with van der Waals surface area (Å²) in [5, 5.41) is 20.2. The van der Waals surface area contributed by atoms with Gasteiger partial charge in [-0.3, -0.25) is 14.9 Å². The third kappa shape index (κ3) is 9.45. The molecule has 2 heterocycles. The zero-order chi connectivity index (χ0) is 40.2. The molecule has 55 heavy (non-hydrogen) atoms. The fourth-order valence-electron chi connectivity index (χ4n) is 5.65. The number of aromatic nitrogens is 3. The summed E-state index contributed by atoms with van der Waals surface area (Å²) in [6.07, 6.45) is 0.707. The number of ether oxygens (including phenoxy) is 2. The van der Waals surface area contributed by atoms with Gasteiger partial charge in [0.2, 0.25) is 5.91 Å². The molecule has 2 amide bonds. The number of carbonyl (C=O) groups is 3. The number of carboxylic acid groups (broad SMARTS) is 1. The molecule has 16 heteroatoms. The van der Waals surface area contributed by atoms with Gasteiger partial charge in [-0.05, 0) is 72.5 Å². The van der Waals surface area contributed by atoms with Crippen LogP contribution in [0.15, 0.2) is 90.0 Å². The fourth-order valence-corrected chi connectivity index (χ4v) is 6.28. The number of carboxylic acids is 1. The Morgan fingerprint density at radius 3 is 2.13 bits per heavy atom. The number of fused-ring (bicyclic) bond motifs is 1. The Balaban J connectivity index is 1.47. The molecule has 0 saturated heterocycles. The van der Waals surface area contributed by atoms with E-state index in [0.717, 1.165) is 22.3 Å². The number of hydrogen-bond acceptors (Lipinski definition) is 10. The number of benzene rings is 3. The van der Waals surface area contributed by atoms with E-state index in [-0.39, 0.29) is 45.8 Å². The molecule has 2 aromatic heterocycles. The summed E-state index contributed by atoms with van der Waals surface area (Å²) in [6, 6.07) is 19.3. The summed E-state index contributed by atoms with van der Waals surface area (Å²) in [7, 11) is -2.33. The average molecular weight is 775 g/mol. The van der Waals surface area contributed by atoms with Gasteiger partial charge in [-0.15, -0.1) is 5.10 Å². The number of carbonyl (C=O) groups excluding carboxylic acids is 2. The molecule has 0 unspecified atom stereocenters. The van der Waals surface area contributed by atoms with Crippen LogP contribution in [0.3, 0.4) is 0 Å². The molecule has 0 fully saturated rings. The van der Waals surface area contributed by atoms with Gasteiger partial charge in [0.15, 0.2) is 21.7 Å². The van der Waals surface area contributed by atoms with Crippen molar-refractivity contribution in [3.63, 3.8) is 0 Å². The number of halogens is 1. The second kappa shape index (κ2) is 16.7. The lowest BCUT2D eigenvalue weighted by atomic mass is 10.00. The Bertz CT molecular complexity index is 2300. The molecule has 3 atom stereocenters. The maximum Gasteiger partial charge on any atom is 0.423 e. The first-order chi connectivity index (χ1) is 26.0. The summed E-state index contributed by atoms with van der Waals surface area (Å²) in [6.45, 7) is 8.71. The van der Waals surface area contributed by atoms with Crippen molar-refractivity contribution < 1.29 is 41.8 Å². The quantitative estimate of drug-likeness (QED) is 0.103. The van der Waals surface area contributed by atoms with Gasteiger partial charge in [0, 0.05) is 35.7 Å². The number of hydrogen-bond donors (Lipinski definition) is 3. The molecule has 0 bridgehead atoms. The van der Waals surface area contributed by atoms with Crippen molar-refractivity contribution in [2.45, 2.75) is 57.7 Å². The highest BCUT2D eigenvalue weighted by Gasteiger charge is 2.33. The molecule has 0 aliphatic rings. The van der Waals surface area contributed by atoms with Crippen LogP contribution in [-0.2, 0) is 24.2 Å². The van der Waals surface area contributed by atoms with E-state index in [9.17, 15) is 32.3 Å². The van der Waals surface area contributed by atoms with Crippen molar-refractivity contribution in [3.05, 3.63) is 96.4 Å². The lowest BCUT2D eigenvalue weighted by Crippen LogP contribution is -2.51. The third-order valence-corrected chi connectivity index (χ3v) is 9.99. The van der Waals surface area contributed by atoms with Crippen LogP contribution in [0.4, 0.5) is 26.5 Å². The Labute approximate surface area is 318 Å². The number of aliphatic carboxylic acids is 1. The van der Waals surface area contributed by atoms with Crippen LogP contribution in [0.1, 0.15) is 46.1 Å². The molecule has 3 aromatic carbocycles. The van der Waals surface area contributed by atoms with Gasteiger partial charge in [-0.25, -0.2) is 27.0 Å². The molecule has 0 saturated carbocycles. The SMILES string of the molecule is COc1cc(S(C)(=O)=O)ccc1N(C(=O)O[C@@H](N[C@H](C(=O)O)C(C)C)C(C)C)c1nc2ccc(-c3ccc(NC(=O)[C@H](C)c4ccc(F)cc4)cc3)cn2n1. The number of pyridine rings is 1. The highest BCUT2D eigenvalue weighted by molar-refractivity contribution is 7.90. The first-order valence-corrected chi connectivity index (χ1v) is 19.3. The summed E-state index contributed by atoms with van der Waals surface area (Å²) in [5.41, 5.74) is 3.18. The standard InChI is InChI=1S/C39H43FN6O8S/c1-22(2)34(37(48)49)43-36(23(3)4)54-39(50)46(31-18-17-30(55(7,51)52)20-32(31)53-6)38-42-33-19-12-27(21-45(33)44-38)26-10-15-29(16-11-26)41-35(47)24(5)25-8-13-28(40)14-9-25/h8-24,34,36,43H,1-7H3,(H,41,47)(H,48,49)/t24-,34+,36-/m1/s1. The molecule has 0 aliphatic heterocycles. The summed E-state index contributed by atoms with van der Waals surface area (Å²) >= 11 is 0. The topological polar surface area (TPSA) is 182 Å². The summed E-state index contributed by atoms with van der Waals surface area (Å²) in [4.78, 5) is 44.6. The Kier molecular flexibility index (Phi) is 12.2. The second-order valence-electron chi connectivity index (χ2n) is 13.7. The van der Waals surface area contributed by atoms with Crippen molar-refractivity contribution in [1.82, 2.24) is 19.9 Å². The van der Waals surface area contributed by atoms with E-state index in [1.54, 1.807) is 77.2 Å². The number of nitrogens with one attached hydrogen (secondary N) is 2. The predicted octanol–water partition coefficient (Wildman–Crippen LogP) is 6.65. The Morgan fingerprint density at radius 2 is 1.55 bits per heavy atom. The number of sulfone groups is 1. The molecule has 290 valence electrons. The molecule has 3 N–H and O–H groups in total. The van der Waals surface area contributed by atoms with Gasteiger partial charge in [0.25, 0.3) is 5.95 Å². The van der Waals surface area contributed by atoms with Gasteiger partial charge >= 0.3 is 12.1 Å². The van der Waals surface area contributed by atoms with Crippen molar-refractivity contribution in [2.24, 2.45) is 11.8 Å². The number of nitrogens with zero attached hydrogens (tertiary/aromatic N) is 4. The minimum atomic E-state index is -3.65. The largest absolute Gasteiger partial charge is 0.495 e. The molecular weight excluding hydrogens is 732 g/mol. The molecule has 0 spiro atoms. The number of amides is 2. The van der Waals surface area contributed by atoms with Crippen LogP contribution < -0.4 is 20.3 Å². The van der Waals surface area contributed by atoms with E-state index in [2.05, 4.69) is 20.7 Å². The van der Waals surface area contributed by atoms with Gasteiger partial charge in [-0.1, -0.05) is 52.0 Å². The summed E-state index contributed by atoms with van der Waals surface area (Å²) in [5.74, 6) is -3.07. The Morgan fingerprint density at radius 1 is 0.891 bits per heavy atom. The number of rotatable bonds is 14. The number of anilines is 3. The lowest BCUT2D eigenvalue weighted by Gasteiger charge is -2.30. The van der Waals surface area contributed by atoms with Crippen LogP contribution in [0.5, 0.6) is 5.75 Å². The number of methoxy groups -OCH3 is 1. The van der Waals surface area contributed by atoms with Gasteiger partial charge in [0.1, 0.15) is 17.6 Å². The van der Waals surface area contributed by atoms with E-state index in [1.165, 1.54) is 42.0 Å². The predicted molar refractivity (Wildman–Crippen MR) is 205 cm³/mol. The van der Waals surface area contributed by atoms with Crippen LogP contribution in [-0.4, -0.2) is 71.7 Å². The van der Waals surface area contributed by atoms with Crippen molar-refractivity contribution in [1.29, 1.82) is 0 Å². The van der Waals surface area contributed by atoms with Gasteiger partial charge < -0.3 is 19.9 Å². The van der Waals surface area contributed by atoms with Crippen LogP contribution in [0.2, 0.25) is 0 Å². The highest BCUT2D eigenvalue weighted by Crippen LogP contribution is 2.36. The maximum absolute atomic E-state index is 14.1. The fraction of sp³-hybridized carbons (Fsp3) is 0.308. The van der Waals surface area contributed by atoms with Gasteiger partial charge in [0.05, 0.1) is 23.6 Å². The van der Waals surface area contributed by atoms with E-state index >= 15 is 0 Å². The first-order valence-electron chi connectivity index (χ1n) is 17.4. The molecule has 5 aromatic rings. The van der Waals surface area contributed by atoms with E-state index < -0.39 is 40.1 Å². The zero-order valence-corrected chi connectivity index (χ0v) is 32.2. The molecular formula is C39H43FN6O8S. The average Bonchev–Trinajstić information content (AvgIpc) is 3.55. The van der Waals surface area contributed by atoms with Crippen LogP contribution >= 0.6 is 0 Å². The van der Waals surface area contributed by atoms with Crippen LogP contribution in [0.25, 0.3) is 16.8 Å². The highest BCUT2D eigenvalue weighted by atomic mass is 32.2. The maximum atomic E-state index is 14.1. The first kappa shape index (κ1) is 40.3. The monoisotopic (exact) mass is 774 g/mol. The normalized spacial score (nSPS) is 13.3.